The molecule has 0 aliphatic heterocycles. The summed E-state index contributed by atoms with van der Waals surface area (Å²) in [6.45, 7) is 8.14. The second-order valence-corrected chi connectivity index (χ2v) is 2.97. The van der Waals surface area contributed by atoms with Crippen molar-refractivity contribution in [3.8, 4) is 0 Å². The van der Waals surface area contributed by atoms with E-state index in [2.05, 4.69) is 31.6 Å². The van der Waals surface area contributed by atoms with Gasteiger partial charge in [-0.2, -0.15) is 0 Å². The van der Waals surface area contributed by atoms with Gasteiger partial charge in [0, 0.05) is 18.3 Å². The first kappa shape index (κ1) is 9.11. The summed E-state index contributed by atoms with van der Waals surface area (Å²) in [7, 11) is 0. The van der Waals surface area contributed by atoms with Gasteiger partial charge in [-0.05, 0) is 24.0 Å². The highest BCUT2D eigenvalue weighted by molar-refractivity contribution is 5.32. The Morgan fingerprint density at radius 2 is 2.17 bits per heavy atom. The molecule has 1 nitrogen and oxygen atoms in total. The number of hydrogen-bond donors (Lipinski definition) is 1. The third kappa shape index (κ3) is 1.60. The first-order valence-corrected chi connectivity index (χ1v) is 4.62. The van der Waals surface area contributed by atoms with Crippen LogP contribution in [0.4, 0.5) is 0 Å². The zero-order chi connectivity index (χ0) is 8.97. The van der Waals surface area contributed by atoms with Crippen LogP contribution in [-0.2, 0) is 19.3 Å². The van der Waals surface area contributed by atoms with E-state index in [0.717, 1.165) is 19.3 Å². The van der Waals surface area contributed by atoms with Crippen LogP contribution in [0, 0.1) is 0 Å². The van der Waals surface area contributed by atoms with Gasteiger partial charge in [-0.25, -0.2) is 0 Å². The van der Waals surface area contributed by atoms with E-state index in [0.29, 0.717) is 0 Å². The third-order valence-electron chi connectivity index (χ3n) is 2.26. The molecule has 1 heteroatoms. The summed E-state index contributed by atoms with van der Waals surface area (Å²) in [6.07, 6.45) is 7.28. The van der Waals surface area contributed by atoms with Gasteiger partial charge in [0.05, 0.1) is 0 Å². The van der Waals surface area contributed by atoms with Gasteiger partial charge in [-0.3, -0.25) is 0 Å². The second kappa shape index (κ2) is 4.15. The summed E-state index contributed by atoms with van der Waals surface area (Å²) in [5.74, 6) is 0. The van der Waals surface area contributed by atoms with Crippen molar-refractivity contribution in [2.24, 2.45) is 0 Å². The average Bonchev–Trinajstić information content (AvgIpc) is 2.47. The van der Waals surface area contributed by atoms with E-state index in [-0.39, 0.29) is 0 Å². The maximum atomic E-state index is 3.75. The van der Waals surface area contributed by atoms with Crippen molar-refractivity contribution in [2.75, 3.05) is 0 Å². The van der Waals surface area contributed by atoms with Crippen LogP contribution in [0.3, 0.4) is 0 Å². The minimum atomic E-state index is 0.961. The molecular weight excluding hydrogens is 146 g/mol. The summed E-state index contributed by atoms with van der Waals surface area (Å²) in [5, 5.41) is 0. The van der Waals surface area contributed by atoms with Crippen molar-refractivity contribution in [1.82, 2.24) is 4.98 Å². The third-order valence-corrected chi connectivity index (χ3v) is 2.26. The fraction of sp³-hybridized carbons (Fsp3) is 0.455. The first-order chi connectivity index (χ1) is 5.83. The molecule has 0 aliphatic rings. The molecule has 0 bridgehead atoms. The monoisotopic (exact) mass is 163 g/mol. The Bertz CT molecular complexity index is 258. The van der Waals surface area contributed by atoms with Crippen molar-refractivity contribution >= 4 is 0 Å². The first-order valence-electron chi connectivity index (χ1n) is 4.62. The highest BCUT2D eigenvalue weighted by Gasteiger charge is 2.05. The number of nitrogens with one attached hydrogen (secondary N) is 1. The van der Waals surface area contributed by atoms with Crippen molar-refractivity contribution in [3.63, 3.8) is 0 Å². The highest BCUT2D eigenvalue weighted by atomic mass is 14.7. The van der Waals surface area contributed by atoms with Gasteiger partial charge >= 0.3 is 0 Å². The van der Waals surface area contributed by atoms with Crippen LogP contribution in [0.25, 0.3) is 0 Å². The fourth-order valence-electron chi connectivity index (χ4n) is 1.62. The Morgan fingerprint density at radius 1 is 1.42 bits per heavy atom. The largest absolute Gasteiger partial charge is 0.364 e. The lowest BCUT2D eigenvalue weighted by molar-refractivity contribution is 1.02. The maximum absolute atomic E-state index is 3.75. The number of rotatable bonds is 4. The molecule has 0 aromatic carbocycles. The van der Waals surface area contributed by atoms with Crippen molar-refractivity contribution in [1.29, 1.82) is 0 Å². The molecule has 0 aliphatic carbocycles. The van der Waals surface area contributed by atoms with Gasteiger partial charge in [-0.1, -0.05) is 19.9 Å². The van der Waals surface area contributed by atoms with Gasteiger partial charge in [0.1, 0.15) is 0 Å². The van der Waals surface area contributed by atoms with E-state index in [1.54, 1.807) is 0 Å². The molecule has 1 heterocycles. The molecule has 0 saturated carbocycles. The summed E-state index contributed by atoms with van der Waals surface area (Å²) in [6, 6.07) is 0. The Balaban J connectivity index is 2.95. The molecule has 1 rings (SSSR count). The SMILES string of the molecule is C=CCc1[nH]cc(CC)c1CC. The standard InChI is InChI=1S/C11H17N/c1-4-7-11-10(6-3)9(5-2)8-12-11/h4,8,12H,1,5-7H2,2-3H3. The molecule has 0 amide bonds. The van der Waals surface area contributed by atoms with Gasteiger partial charge in [0.15, 0.2) is 0 Å². The van der Waals surface area contributed by atoms with E-state index in [9.17, 15) is 0 Å². The Hall–Kier alpha value is -0.980. The van der Waals surface area contributed by atoms with Gasteiger partial charge in [-0.15, -0.1) is 6.58 Å². The molecule has 0 unspecified atom stereocenters. The summed E-state index contributed by atoms with van der Waals surface area (Å²) in [5.41, 5.74) is 4.27. The van der Waals surface area contributed by atoms with E-state index < -0.39 is 0 Å². The number of aromatic amines is 1. The van der Waals surface area contributed by atoms with Crippen molar-refractivity contribution in [3.05, 3.63) is 35.7 Å². The van der Waals surface area contributed by atoms with Crippen molar-refractivity contribution < 1.29 is 0 Å². The number of H-pyrrole nitrogens is 1. The van der Waals surface area contributed by atoms with Crippen molar-refractivity contribution in [2.45, 2.75) is 33.1 Å². The molecule has 0 radical (unpaired) electrons. The van der Waals surface area contributed by atoms with Crippen LogP contribution < -0.4 is 0 Å². The lowest BCUT2D eigenvalue weighted by Gasteiger charge is -2.00. The summed E-state index contributed by atoms with van der Waals surface area (Å²) in [4.78, 5) is 3.31. The van der Waals surface area contributed by atoms with Crippen LogP contribution in [0.15, 0.2) is 18.9 Å². The van der Waals surface area contributed by atoms with Gasteiger partial charge in [0.2, 0.25) is 0 Å². The van der Waals surface area contributed by atoms with Gasteiger partial charge < -0.3 is 4.98 Å². The minimum Gasteiger partial charge on any atom is -0.364 e. The predicted molar refractivity (Wildman–Crippen MR) is 53.4 cm³/mol. The zero-order valence-electron chi connectivity index (χ0n) is 7.98. The Kier molecular flexibility index (Phi) is 3.15. The lowest BCUT2D eigenvalue weighted by Crippen LogP contribution is -1.90. The second-order valence-electron chi connectivity index (χ2n) is 2.97. The molecular formula is C11H17N. The van der Waals surface area contributed by atoms with Gasteiger partial charge in [0.25, 0.3) is 0 Å². The number of aromatic nitrogens is 1. The lowest BCUT2D eigenvalue weighted by atomic mass is 10.1. The number of hydrogen-bond acceptors (Lipinski definition) is 0. The molecule has 1 aromatic heterocycles. The van der Waals surface area contributed by atoms with Crippen LogP contribution in [0.5, 0.6) is 0 Å². The van der Waals surface area contributed by atoms with E-state index >= 15 is 0 Å². The topological polar surface area (TPSA) is 15.8 Å². The Labute approximate surface area is 74.5 Å². The number of allylic oxidation sites excluding steroid dienone is 1. The highest BCUT2D eigenvalue weighted by Crippen LogP contribution is 2.16. The van der Waals surface area contributed by atoms with Crippen LogP contribution in [0.1, 0.15) is 30.7 Å². The molecule has 1 aromatic rings. The molecule has 0 spiro atoms. The normalized spacial score (nSPS) is 10.2. The molecule has 1 N–H and O–H groups in total. The quantitative estimate of drug-likeness (QED) is 0.657. The van der Waals surface area contributed by atoms with Crippen LogP contribution in [-0.4, -0.2) is 4.98 Å². The summed E-state index contributed by atoms with van der Waals surface area (Å²) >= 11 is 0. The molecule has 12 heavy (non-hydrogen) atoms. The van der Waals surface area contributed by atoms with Crippen LogP contribution >= 0.6 is 0 Å². The maximum Gasteiger partial charge on any atom is 0.0220 e. The smallest absolute Gasteiger partial charge is 0.0220 e. The van der Waals surface area contributed by atoms with E-state index in [1.165, 1.54) is 16.8 Å². The van der Waals surface area contributed by atoms with E-state index in [4.69, 9.17) is 0 Å². The molecule has 0 fully saturated rings. The zero-order valence-corrected chi connectivity index (χ0v) is 7.98. The Morgan fingerprint density at radius 3 is 2.67 bits per heavy atom. The van der Waals surface area contributed by atoms with E-state index in [1.807, 2.05) is 6.08 Å². The molecule has 66 valence electrons. The minimum absolute atomic E-state index is 0.961. The van der Waals surface area contributed by atoms with Crippen LogP contribution in [0.2, 0.25) is 0 Å². The molecule has 0 saturated heterocycles. The molecule has 0 atom stereocenters. The average molecular weight is 163 g/mol. The predicted octanol–water partition coefficient (Wildman–Crippen LogP) is 2.87. The summed E-state index contributed by atoms with van der Waals surface area (Å²) < 4.78 is 0. The fourth-order valence-corrected chi connectivity index (χ4v) is 1.62. The number of aryl methyl sites for hydroxylation is 1.